The Morgan fingerprint density at radius 3 is 2.80 bits per heavy atom. The molecular formula is C20H16N2O2S. The van der Waals surface area contributed by atoms with Gasteiger partial charge in [-0.2, -0.15) is 5.26 Å². The van der Waals surface area contributed by atoms with Gasteiger partial charge in [0, 0.05) is 20.1 Å². The molecule has 1 amide bonds. The van der Waals surface area contributed by atoms with Crippen molar-refractivity contribution in [3.8, 4) is 6.07 Å². The fourth-order valence-corrected chi connectivity index (χ4v) is 3.95. The van der Waals surface area contributed by atoms with Gasteiger partial charge in [-0.05, 0) is 53.6 Å². The molecule has 0 aliphatic carbocycles. The number of amides is 1. The maximum Gasteiger partial charge on any atom is 0.266 e. The van der Waals surface area contributed by atoms with Crippen LogP contribution in [0.2, 0.25) is 0 Å². The molecule has 2 aromatic carbocycles. The van der Waals surface area contributed by atoms with Crippen LogP contribution in [0, 0.1) is 18.3 Å². The van der Waals surface area contributed by atoms with Crippen LogP contribution in [-0.2, 0) is 14.3 Å². The molecule has 1 atom stereocenters. The highest BCUT2D eigenvalue weighted by molar-refractivity contribution is 8.03. The summed E-state index contributed by atoms with van der Waals surface area (Å²) in [6.07, 6.45) is 3.30. The van der Waals surface area contributed by atoms with E-state index >= 15 is 0 Å². The number of hydrogen-bond donors (Lipinski definition) is 1. The van der Waals surface area contributed by atoms with Crippen molar-refractivity contribution < 1.29 is 9.00 Å². The van der Waals surface area contributed by atoms with E-state index in [1.54, 1.807) is 35.8 Å². The van der Waals surface area contributed by atoms with Gasteiger partial charge >= 0.3 is 0 Å². The van der Waals surface area contributed by atoms with Crippen LogP contribution in [0.3, 0.4) is 0 Å². The highest BCUT2D eigenvalue weighted by Gasteiger charge is 2.17. The molecule has 5 heteroatoms. The van der Waals surface area contributed by atoms with Gasteiger partial charge in [-0.3, -0.25) is 9.00 Å². The number of carbonyl (C=O) groups is 1. The minimum Gasteiger partial charge on any atom is -0.321 e. The standard InChI is InChI=1S/C20H16N2O2S/c1-14-4-3-5-15(10-14)11-17(13-21)20(23)22-18-7-6-16-8-9-25(2,24)19(16)12-18/h3-12H,2H2,1H3,(H,22,23). The van der Waals surface area contributed by atoms with Crippen molar-refractivity contribution in [2.24, 2.45) is 0 Å². The van der Waals surface area contributed by atoms with Crippen molar-refractivity contribution in [1.29, 1.82) is 5.26 Å². The second kappa shape index (κ2) is 6.42. The first-order valence-corrected chi connectivity index (χ1v) is 9.37. The first-order valence-electron chi connectivity index (χ1n) is 7.58. The van der Waals surface area contributed by atoms with E-state index in [1.807, 2.05) is 37.3 Å². The van der Waals surface area contributed by atoms with Crippen LogP contribution in [0.1, 0.15) is 16.7 Å². The van der Waals surface area contributed by atoms with E-state index in [9.17, 15) is 14.3 Å². The maximum absolute atomic E-state index is 12.4. The predicted molar refractivity (Wildman–Crippen MR) is 102 cm³/mol. The lowest BCUT2D eigenvalue weighted by atomic mass is 10.1. The summed E-state index contributed by atoms with van der Waals surface area (Å²) in [7, 11) is -2.45. The fraction of sp³-hybridized carbons (Fsp3) is 0.0500. The molecule has 2 aromatic rings. The van der Waals surface area contributed by atoms with Gasteiger partial charge in [-0.15, -0.1) is 0 Å². The molecule has 0 radical (unpaired) electrons. The molecule has 1 heterocycles. The molecule has 0 fully saturated rings. The van der Waals surface area contributed by atoms with Crippen LogP contribution in [0.15, 0.2) is 58.3 Å². The van der Waals surface area contributed by atoms with Gasteiger partial charge in [-0.25, -0.2) is 0 Å². The van der Waals surface area contributed by atoms with Crippen LogP contribution >= 0.6 is 0 Å². The number of nitriles is 1. The lowest BCUT2D eigenvalue weighted by molar-refractivity contribution is -0.112. The smallest absolute Gasteiger partial charge is 0.266 e. The molecule has 3 rings (SSSR count). The number of nitrogens with zero attached hydrogens (tertiary/aromatic N) is 1. The van der Waals surface area contributed by atoms with Gasteiger partial charge in [-0.1, -0.05) is 35.9 Å². The lowest BCUT2D eigenvalue weighted by Gasteiger charge is -2.08. The SMILES string of the molecule is C=S1(=O)C=Cc2ccc(NC(=O)C(C#N)=Cc3cccc(C)c3)cc21. The zero-order valence-electron chi connectivity index (χ0n) is 13.7. The number of nitrogens with one attached hydrogen (secondary N) is 1. The quantitative estimate of drug-likeness (QED) is 0.523. The van der Waals surface area contributed by atoms with E-state index in [0.29, 0.717) is 10.6 Å². The number of hydrogen-bond acceptors (Lipinski definition) is 3. The van der Waals surface area contributed by atoms with E-state index in [4.69, 9.17) is 0 Å². The van der Waals surface area contributed by atoms with E-state index in [-0.39, 0.29) is 5.57 Å². The third-order valence-corrected chi connectivity index (χ3v) is 5.50. The monoisotopic (exact) mass is 348 g/mol. The maximum atomic E-state index is 12.4. The number of aryl methyl sites for hydroxylation is 1. The van der Waals surface area contributed by atoms with Crippen LogP contribution in [0.5, 0.6) is 0 Å². The summed E-state index contributed by atoms with van der Waals surface area (Å²) in [6.45, 7) is 1.94. The molecule has 1 aliphatic rings. The molecule has 4 nitrogen and oxygen atoms in total. The Morgan fingerprint density at radius 2 is 2.08 bits per heavy atom. The van der Waals surface area contributed by atoms with E-state index in [0.717, 1.165) is 16.7 Å². The van der Waals surface area contributed by atoms with Gasteiger partial charge < -0.3 is 5.32 Å². The van der Waals surface area contributed by atoms with Crippen LogP contribution in [0.4, 0.5) is 5.69 Å². The van der Waals surface area contributed by atoms with Crippen molar-refractivity contribution >= 4 is 39.1 Å². The molecule has 0 aromatic heterocycles. The van der Waals surface area contributed by atoms with E-state index in [1.165, 1.54) is 0 Å². The summed E-state index contributed by atoms with van der Waals surface area (Å²) >= 11 is 0. The highest BCUT2D eigenvalue weighted by Crippen LogP contribution is 2.29. The summed E-state index contributed by atoms with van der Waals surface area (Å²) in [6, 6.07) is 14.6. The number of carbonyl (C=O) groups excluding carboxylic acids is 1. The summed E-state index contributed by atoms with van der Waals surface area (Å²) in [4.78, 5) is 13.0. The Morgan fingerprint density at radius 1 is 1.28 bits per heavy atom. The topological polar surface area (TPSA) is 70.0 Å². The van der Waals surface area contributed by atoms with Gasteiger partial charge in [0.15, 0.2) is 0 Å². The minimum atomic E-state index is -2.45. The average molecular weight is 348 g/mol. The summed E-state index contributed by atoms with van der Waals surface area (Å²) in [5.41, 5.74) is 3.14. The Bertz CT molecular complexity index is 1070. The molecule has 1 unspecified atom stereocenters. The van der Waals surface area contributed by atoms with E-state index < -0.39 is 15.4 Å². The van der Waals surface area contributed by atoms with Crippen LogP contribution in [0.25, 0.3) is 12.2 Å². The fourth-order valence-electron chi connectivity index (χ4n) is 2.58. The van der Waals surface area contributed by atoms with Crippen LogP contribution in [-0.4, -0.2) is 16.0 Å². The lowest BCUT2D eigenvalue weighted by Crippen LogP contribution is -2.13. The minimum absolute atomic E-state index is 0.000388. The summed E-state index contributed by atoms with van der Waals surface area (Å²) < 4.78 is 12.3. The van der Waals surface area contributed by atoms with Gasteiger partial charge in [0.1, 0.15) is 11.6 Å². The van der Waals surface area contributed by atoms with Crippen molar-refractivity contribution in [3.05, 3.63) is 70.1 Å². The second-order valence-corrected chi connectivity index (χ2v) is 7.98. The number of benzene rings is 2. The zero-order valence-corrected chi connectivity index (χ0v) is 14.5. The largest absolute Gasteiger partial charge is 0.321 e. The molecule has 0 spiro atoms. The Balaban J connectivity index is 1.86. The first kappa shape index (κ1) is 16.7. The van der Waals surface area contributed by atoms with Gasteiger partial charge in [0.2, 0.25) is 0 Å². The Kier molecular flexibility index (Phi) is 4.30. The second-order valence-electron chi connectivity index (χ2n) is 5.82. The molecule has 25 heavy (non-hydrogen) atoms. The third kappa shape index (κ3) is 3.54. The predicted octanol–water partition coefficient (Wildman–Crippen LogP) is 3.60. The molecule has 0 bridgehead atoms. The van der Waals surface area contributed by atoms with Crippen molar-refractivity contribution in [1.82, 2.24) is 0 Å². The zero-order chi connectivity index (χ0) is 18.0. The van der Waals surface area contributed by atoms with E-state index in [2.05, 4.69) is 11.2 Å². The molecule has 1 N–H and O–H groups in total. The number of anilines is 1. The van der Waals surface area contributed by atoms with Crippen molar-refractivity contribution in [3.63, 3.8) is 0 Å². The van der Waals surface area contributed by atoms with Crippen molar-refractivity contribution in [2.75, 3.05) is 5.32 Å². The van der Waals surface area contributed by atoms with Crippen LogP contribution < -0.4 is 5.32 Å². The first-order chi connectivity index (χ1) is 11.9. The normalized spacial score (nSPS) is 18.5. The summed E-state index contributed by atoms with van der Waals surface area (Å²) in [5.74, 6) is 3.20. The molecule has 1 aliphatic heterocycles. The average Bonchev–Trinajstić information content (AvgIpc) is 2.87. The molecule has 0 saturated heterocycles. The highest BCUT2D eigenvalue weighted by atomic mass is 32.2. The molecular weight excluding hydrogens is 332 g/mol. The molecule has 124 valence electrons. The number of rotatable bonds is 3. The summed E-state index contributed by atoms with van der Waals surface area (Å²) in [5, 5.41) is 13.6. The van der Waals surface area contributed by atoms with Crippen molar-refractivity contribution in [2.45, 2.75) is 11.8 Å². The number of fused-ring (bicyclic) bond motifs is 1. The van der Waals surface area contributed by atoms with Gasteiger partial charge in [0.05, 0.1) is 0 Å². The molecule has 0 saturated carbocycles. The Hall–Kier alpha value is -3.10. The van der Waals surface area contributed by atoms with Gasteiger partial charge in [0.25, 0.3) is 5.91 Å². The Labute approximate surface area is 147 Å². The third-order valence-electron chi connectivity index (χ3n) is 3.83.